The topological polar surface area (TPSA) is 85.5 Å². The largest absolute Gasteiger partial charge is 0.494 e. The second-order valence-corrected chi connectivity index (χ2v) is 6.52. The van der Waals surface area contributed by atoms with E-state index in [0.29, 0.717) is 28.9 Å². The van der Waals surface area contributed by atoms with Gasteiger partial charge in [0.2, 0.25) is 12.7 Å². The molecule has 2 heterocycles. The van der Waals surface area contributed by atoms with Gasteiger partial charge < -0.3 is 24.5 Å². The van der Waals surface area contributed by atoms with Crippen molar-refractivity contribution in [2.24, 2.45) is 0 Å². The summed E-state index contributed by atoms with van der Waals surface area (Å²) < 4.78 is 16.0. The van der Waals surface area contributed by atoms with Crippen LogP contribution in [0.2, 0.25) is 0 Å². The van der Waals surface area contributed by atoms with Crippen molar-refractivity contribution in [3.05, 3.63) is 36.4 Å². The summed E-state index contributed by atoms with van der Waals surface area (Å²) in [5, 5.41) is 3.53. The quantitative estimate of drug-likeness (QED) is 0.646. The van der Waals surface area contributed by atoms with Crippen molar-refractivity contribution in [2.75, 3.05) is 24.5 Å². The highest BCUT2D eigenvalue weighted by atomic mass is 32.2. The van der Waals surface area contributed by atoms with Crippen LogP contribution in [0.1, 0.15) is 6.92 Å². The van der Waals surface area contributed by atoms with E-state index >= 15 is 0 Å². The van der Waals surface area contributed by atoms with Crippen LogP contribution in [-0.2, 0) is 4.79 Å². The Balaban J connectivity index is 1.37. The van der Waals surface area contributed by atoms with Crippen molar-refractivity contribution in [1.82, 2.24) is 9.97 Å². The molecular formula is C18H17N3O4S. The molecule has 0 radical (unpaired) electrons. The molecule has 8 heteroatoms. The van der Waals surface area contributed by atoms with Crippen molar-refractivity contribution in [1.29, 1.82) is 0 Å². The minimum Gasteiger partial charge on any atom is -0.494 e. The molecule has 0 saturated carbocycles. The fraction of sp³-hybridized carbons (Fsp3) is 0.222. The Morgan fingerprint density at radius 3 is 3.04 bits per heavy atom. The van der Waals surface area contributed by atoms with Crippen LogP contribution < -0.4 is 19.5 Å². The van der Waals surface area contributed by atoms with Crippen molar-refractivity contribution in [2.45, 2.75) is 12.1 Å². The maximum atomic E-state index is 12.2. The highest BCUT2D eigenvalue weighted by molar-refractivity contribution is 7.99. The SMILES string of the molecule is CCOc1ccc2nc(SCC(=O)Nc3ccc4c(c3)OCO4)[nH]c2c1. The number of benzene rings is 2. The molecule has 0 unspecified atom stereocenters. The Labute approximate surface area is 154 Å². The van der Waals surface area contributed by atoms with Gasteiger partial charge in [-0.25, -0.2) is 4.98 Å². The Bertz CT molecular complexity index is 957. The minimum absolute atomic E-state index is 0.121. The number of fused-ring (bicyclic) bond motifs is 2. The zero-order valence-electron chi connectivity index (χ0n) is 14.1. The number of H-pyrrole nitrogens is 1. The molecular weight excluding hydrogens is 354 g/mol. The van der Waals surface area contributed by atoms with Gasteiger partial charge in [-0.05, 0) is 31.2 Å². The molecule has 1 aromatic heterocycles. The molecule has 0 atom stereocenters. The summed E-state index contributed by atoms with van der Waals surface area (Å²) in [6.07, 6.45) is 0. The summed E-state index contributed by atoms with van der Waals surface area (Å²) in [4.78, 5) is 19.9. The zero-order chi connectivity index (χ0) is 17.9. The number of anilines is 1. The number of amides is 1. The molecule has 1 aliphatic heterocycles. The van der Waals surface area contributed by atoms with Gasteiger partial charge >= 0.3 is 0 Å². The van der Waals surface area contributed by atoms with E-state index in [0.717, 1.165) is 16.8 Å². The van der Waals surface area contributed by atoms with E-state index in [1.165, 1.54) is 11.8 Å². The van der Waals surface area contributed by atoms with Crippen LogP contribution in [0.25, 0.3) is 11.0 Å². The predicted octanol–water partition coefficient (Wildman–Crippen LogP) is 3.42. The molecule has 3 aromatic rings. The van der Waals surface area contributed by atoms with Crippen LogP contribution in [0, 0.1) is 0 Å². The Hall–Kier alpha value is -2.87. The van der Waals surface area contributed by atoms with Gasteiger partial charge in [0.05, 0.1) is 23.4 Å². The number of thioether (sulfide) groups is 1. The van der Waals surface area contributed by atoms with E-state index < -0.39 is 0 Å². The third kappa shape index (κ3) is 3.55. The first-order chi connectivity index (χ1) is 12.7. The molecule has 4 rings (SSSR count). The Morgan fingerprint density at radius 1 is 1.27 bits per heavy atom. The van der Waals surface area contributed by atoms with Crippen molar-refractivity contribution >= 4 is 34.4 Å². The number of carbonyl (C=O) groups is 1. The average Bonchev–Trinajstić information content (AvgIpc) is 3.25. The molecule has 2 N–H and O–H groups in total. The summed E-state index contributed by atoms with van der Waals surface area (Å²) in [5.41, 5.74) is 2.40. The summed E-state index contributed by atoms with van der Waals surface area (Å²) >= 11 is 1.34. The van der Waals surface area contributed by atoms with Gasteiger partial charge in [-0.2, -0.15) is 0 Å². The first-order valence-corrected chi connectivity index (χ1v) is 9.14. The number of nitrogens with one attached hydrogen (secondary N) is 2. The van der Waals surface area contributed by atoms with Crippen molar-refractivity contribution < 1.29 is 19.0 Å². The number of aromatic nitrogens is 2. The normalized spacial score (nSPS) is 12.3. The average molecular weight is 371 g/mol. The maximum Gasteiger partial charge on any atom is 0.234 e. The maximum absolute atomic E-state index is 12.2. The molecule has 26 heavy (non-hydrogen) atoms. The van der Waals surface area contributed by atoms with Gasteiger partial charge in [0.1, 0.15) is 5.75 Å². The highest BCUT2D eigenvalue weighted by Crippen LogP contribution is 2.34. The van der Waals surface area contributed by atoms with Crippen molar-refractivity contribution in [3.63, 3.8) is 0 Å². The lowest BCUT2D eigenvalue weighted by molar-refractivity contribution is -0.113. The van der Waals surface area contributed by atoms with Gasteiger partial charge in [-0.3, -0.25) is 4.79 Å². The van der Waals surface area contributed by atoms with Crippen LogP contribution >= 0.6 is 11.8 Å². The van der Waals surface area contributed by atoms with Gasteiger partial charge in [-0.1, -0.05) is 11.8 Å². The van der Waals surface area contributed by atoms with Gasteiger partial charge in [-0.15, -0.1) is 0 Å². The fourth-order valence-electron chi connectivity index (χ4n) is 2.60. The number of hydrogen-bond acceptors (Lipinski definition) is 6. The third-order valence-electron chi connectivity index (χ3n) is 3.74. The van der Waals surface area contributed by atoms with Gasteiger partial charge in [0.25, 0.3) is 0 Å². The molecule has 0 fully saturated rings. The van der Waals surface area contributed by atoms with E-state index in [-0.39, 0.29) is 18.5 Å². The lowest BCUT2D eigenvalue weighted by Crippen LogP contribution is -2.14. The zero-order valence-corrected chi connectivity index (χ0v) is 14.9. The lowest BCUT2D eigenvalue weighted by Gasteiger charge is -2.05. The Morgan fingerprint density at radius 2 is 2.15 bits per heavy atom. The lowest BCUT2D eigenvalue weighted by atomic mass is 10.3. The number of carbonyl (C=O) groups excluding carboxylic acids is 1. The molecule has 1 aliphatic rings. The Kier molecular flexibility index (Phi) is 4.57. The molecule has 7 nitrogen and oxygen atoms in total. The van der Waals surface area contributed by atoms with E-state index in [4.69, 9.17) is 14.2 Å². The van der Waals surface area contributed by atoms with Gasteiger partial charge in [0.15, 0.2) is 16.7 Å². The molecule has 0 spiro atoms. The number of aromatic amines is 1. The summed E-state index contributed by atoms with van der Waals surface area (Å²) in [5.74, 6) is 2.24. The third-order valence-corrected chi connectivity index (χ3v) is 4.61. The summed E-state index contributed by atoms with van der Waals surface area (Å²) in [7, 11) is 0. The standard InChI is InChI=1S/C18H17N3O4S/c1-2-23-12-4-5-13-14(8-12)21-18(20-13)26-9-17(22)19-11-3-6-15-16(7-11)25-10-24-15/h3-8H,2,9-10H2,1H3,(H,19,22)(H,20,21). The van der Waals surface area contributed by atoms with E-state index in [9.17, 15) is 4.79 Å². The van der Waals surface area contributed by atoms with E-state index in [1.807, 2.05) is 25.1 Å². The number of ether oxygens (including phenoxy) is 3. The smallest absolute Gasteiger partial charge is 0.234 e. The van der Waals surface area contributed by atoms with Crippen LogP contribution in [-0.4, -0.2) is 35.0 Å². The van der Waals surface area contributed by atoms with E-state index in [1.54, 1.807) is 18.2 Å². The summed E-state index contributed by atoms with van der Waals surface area (Å²) in [6.45, 7) is 2.76. The van der Waals surface area contributed by atoms with Crippen LogP contribution in [0.5, 0.6) is 17.2 Å². The summed E-state index contributed by atoms with van der Waals surface area (Å²) in [6, 6.07) is 11.0. The molecule has 0 saturated heterocycles. The first kappa shape index (κ1) is 16.6. The second kappa shape index (κ2) is 7.17. The molecule has 1 amide bonds. The molecule has 0 aliphatic carbocycles. The fourth-order valence-corrected chi connectivity index (χ4v) is 3.28. The molecule has 0 bridgehead atoms. The van der Waals surface area contributed by atoms with E-state index in [2.05, 4.69) is 15.3 Å². The van der Waals surface area contributed by atoms with Crippen LogP contribution in [0.15, 0.2) is 41.6 Å². The number of hydrogen-bond donors (Lipinski definition) is 2. The molecule has 2 aromatic carbocycles. The monoisotopic (exact) mass is 371 g/mol. The van der Waals surface area contributed by atoms with Crippen LogP contribution in [0.3, 0.4) is 0 Å². The van der Waals surface area contributed by atoms with Crippen LogP contribution in [0.4, 0.5) is 5.69 Å². The number of nitrogens with zero attached hydrogens (tertiary/aromatic N) is 1. The van der Waals surface area contributed by atoms with Gasteiger partial charge in [0, 0.05) is 17.8 Å². The number of imidazole rings is 1. The predicted molar refractivity (Wildman–Crippen MR) is 99.2 cm³/mol. The highest BCUT2D eigenvalue weighted by Gasteiger charge is 2.14. The van der Waals surface area contributed by atoms with Crippen molar-refractivity contribution in [3.8, 4) is 17.2 Å². The first-order valence-electron chi connectivity index (χ1n) is 8.16. The second-order valence-electron chi connectivity index (χ2n) is 5.56. The minimum atomic E-state index is -0.121. The molecule has 134 valence electrons. The number of rotatable bonds is 6.